The van der Waals surface area contributed by atoms with Crippen molar-refractivity contribution in [1.82, 2.24) is 0 Å². The molecular formula is C12H22ClF2NO2. The van der Waals surface area contributed by atoms with Crippen LogP contribution in [0.2, 0.25) is 0 Å². The van der Waals surface area contributed by atoms with Gasteiger partial charge in [0.15, 0.2) is 0 Å². The fraction of sp³-hybridized carbons (Fsp3) is 0.917. The first-order chi connectivity index (χ1) is 7.97. The highest BCUT2D eigenvalue weighted by molar-refractivity contribution is 5.85. The Morgan fingerprint density at radius 3 is 2.44 bits per heavy atom. The Bertz CT molecular complexity index is 258. The highest BCUT2D eigenvalue weighted by Gasteiger charge is 2.43. The zero-order valence-corrected chi connectivity index (χ0v) is 11.5. The van der Waals surface area contributed by atoms with E-state index < -0.39 is 24.4 Å². The van der Waals surface area contributed by atoms with Crippen molar-refractivity contribution < 1.29 is 18.3 Å². The molecule has 6 heteroatoms. The van der Waals surface area contributed by atoms with E-state index in [0.717, 1.165) is 32.1 Å². The van der Waals surface area contributed by atoms with E-state index in [9.17, 15) is 13.6 Å². The van der Waals surface area contributed by atoms with E-state index in [-0.39, 0.29) is 24.9 Å². The van der Waals surface area contributed by atoms with Gasteiger partial charge in [-0.1, -0.05) is 19.3 Å². The van der Waals surface area contributed by atoms with Crippen molar-refractivity contribution in [2.45, 2.75) is 57.4 Å². The fourth-order valence-electron chi connectivity index (χ4n) is 2.35. The van der Waals surface area contributed by atoms with E-state index in [1.165, 1.54) is 6.92 Å². The highest BCUT2D eigenvalue weighted by atomic mass is 35.5. The van der Waals surface area contributed by atoms with Crippen LogP contribution >= 0.6 is 12.4 Å². The highest BCUT2D eigenvalue weighted by Crippen LogP contribution is 2.31. The zero-order valence-electron chi connectivity index (χ0n) is 10.7. The summed E-state index contributed by atoms with van der Waals surface area (Å²) in [5.41, 5.74) is 5.78. The quantitative estimate of drug-likeness (QED) is 0.790. The predicted molar refractivity (Wildman–Crippen MR) is 68.0 cm³/mol. The van der Waals surface area contributed by atoms with Gasteiger partial charge in [0.2, 0.25) is 0 Å². The van der Waals surface area contributed by atoms with Crippen molar-refractivity contribution in [1.29, 1.82) is 0 Å². The number of alkyl halides is 2. The van der Waals surface area contributed by atoms with Crippen LogP contribution < -0.4 is 5.73 Å². The van der Waals surface area contributed by atoms with Gasteiger partial charge in [0.05, 0.1) is 6.61 Å². The van der Waals surface area contributed by atoms with Gasteiger partial charge in [0, 0.05) is 12.5 Å². The lowest BCUT2D eigenvalue weighted by Gasteiger charge is -2.29. The number of halogens is 3. The third-order valence-corrected chi connectivity index (χ3v) is 3.32. The Labute approximate surface area is 113 Å². The summed E-state index contributed by atoms with van der Waals surface area (Å²) in [6.07, 6.45) is 4.42. The average molecular weight is 286 g/mol. The number of nitrogens with two attached hydrogens (primary N) is 1. The van der Waals surface area contributed by atoms with Gasteiger partial charge in [0.1, 0.15) is 0 Å². The van der Waals surface area contributed by atoms with Crippen molar-refractivity contribution in [3.63, 3.8) is 0 Å². The fourth-order valence-corrected chi connectivity index (χ4v) is 2.35. The van der Waals surface area contributed by atoms with E-state index in [4.69, 9.17) is 5.73 Å². The van der Waals surface area contributed by atoms with Crippen LogP contribution in [0.4, 0.5) is 8.78 Å². The predicted octanol–water partition coefficient (Wildman–Crippen LogP) is 2.90. The molecule has 1 rings (SSSR count). The van der Waals surface area contributed by atoms with Crippen LogP contribution in [-0.2, 0) is 9.53 Å². The van der Waals surface area contributed by atoms with Crippen molar-refractivity contribution in [2.24, 2.45) is 11.7 Å². The standard InChI is InChI=1S/C12H21F2NO2.ClH/c1-2-17-11(16)12(13,14)8-10(15)9-6-4-3-5-7-9;/h9-10H,2-8,15H2,1H3;1H. The van der Waals surface area contributed by atoms with Crippen LogP contribution in [0, 0.1) is 5.92 Å². The van der Waals surface area contributed by atoms with Crippen LogP contribution in [0.15, 0.2) is 0 Å². The van der Waals surface area contributed by atoms with Gasteiger partial charge in [-0.25, -0.2) is 4.79 Å². The number of carbonyl (C=O) groups is 1. The molecule has 0 saturated heterocycles. The summed E-state index contributed by atoms with van der Waals surface area (Å²) in [4.78, 5) is 11.1. The maximum absolute atomic E-state index is 13.5. The third-order valence-electron chi connectivity index (χ3n) is 3.32. The number of carbonyl (C=O) groups excluding carboxylic acids is 1. The Hall–Kier alpha value is -0.420. The Balaban J connectivity index is 0.00000289. The van der Waals surface area contributed by atoms with E-state index in [2.05, 4.69) is 4.74 Å². The Morgan fingerprint density at radius 2 is 1.94 bits per heavy atom. The Morgan fingerprint density at radius 1 is 1.39 bits per heavy atom. The number of hydrogen-bond donors (Lipinski definition) is 1. The van der Waals surface area contributed by atoms with Gasteiger partial charge in [-0.2, -0.15) is 8.78 Å². The smallest absolute Gasteiger partial charge is 0.377 e. The van der Waals surface area contributed by atoms with Gasteiger partial charge in [-0.05, 0) is 25.7 Å². The number of esters is 1. The zero-order chi connectivity index (χ0) is 12.9. The molecule has 0 aromatic heterocycles. The van der Waals surface area contributed by atoms with Crippen LogP contribution in [0.5, 0.6) is 0 Å². The molecular weight excluding hydrogens is 264 g/mol. The summed E-state index contributed by atoms with van der Waals surface area (Å²) < 4.78 is 31.3. The molecule has 0 radical (unpaired) electrons. The molecule has 1 aliphatic rings. The minimum Gasteiger partial charge on any atom is -0.462 e. The maximum Gasteiger partial charge on any atom is 0.377 e. The van der Waals surface area contributed by atoms with Gasteiger partial charge < -0.3 is 10.5 Å². The lowest BCUT2D eigenvalue weighted by Crippen LogP contribution is -2.42. The minimum absolute atomic E-state index is 0. The summed E-state index contributed by atoms with van der Waals surface area (Å²) in [5.74, 6) is -4.79. The third kappa shape index (κ3) is 5.06. The monoisotopic (exact) mass is 285 g/mol. The lowest BCUT2D eigenvalue weighted by atomic mass is 9.82. The molecule has 0 heterocycles. The summed E-state index contributed by atoms with van der Waals surface area (Å²) in [7, 11) is 0. The number of rotatable bonds is 5. The van der Waals surface area contributed by atoms with E-state index in [0.29, 0.717) is 0 Å². The Kier molecular flexibility index (Phi) is 7.71. The van der Waals surface area contributed by atoms with Crippen molar-refractivity contribution >= 4 is 18.4 Å². The maximum atomic E-state index is 13.5. The molecule has 1 saturated carbocycles. The second kappa shape index (κ2) is 7.89. The van der Waals surface area contributed by atoms with Gasteiger partial charge in [0.25, 0.3) is 0 Å². The molecule has 0 aromatic rings. The molecule has 0 spiro atoms. The topological polar surface area (TPSA) is 52.3 Å². The molecule has 0 amide bonds. The largest absolute Gasteiger partial charge is 0.462 e. The molecule has 0 aromatic carbocycles. The molecule has 1 unspecified atom stereocenters. The summed E-state index contributed by atoms with van der Waals surface area (Å²) >= 11 is 0. The van der Waals surface area contributed by atoms with E-state index in [1.807, 2.05) is 0 Å². The second-order valence-electron chi connectivity index (χ2n) is 4.69. The van der Waals surface area contributed by atoms with Gasteiger partial charge >= 0.3 is 11.9 Å². The van der Waals surface area contributed by atoms with Crippen molar-refractivity contribution in [3.05, 3.63) is 0 Å². The first-order valence-electron chi connectivity index (χ1n) is 6.28. The molecule has 2 N–H and O–H groups in total. The molecule has 1 fully saturated rings. The van der Waals surface area contributed by atoms with E-state index in [1.54, 1.807) is 0 Å². The number of hydrogen-bond acceptors (Lipinski definition) is 3. The minimum atomic E-state index is -3.45. The van der Waals surface area contributed by atoms with Crippen LogP contribution in [0.25, 0.3) is 0 Å². The van der Waals surface area contributed by atoms with Crippen LogP contribution in [0.1, 0.15) is 45.4 Å². The number of ether oxygens (including phenoxy) is 1. The van der Waals surface area contributed by atoms with Gasteiger partial charge in [-0.15, -0.1) is 12.4 Å². The molecule has 18 heavy (non-hydrogen) atoms. The van der Waals surface area contributed by atoms with Crippen LogP contribution in [0.3, 0.4) is 0 Å². The molecule has 108 valence electrons. The van der Waals surface area contributed by atoms with Crippen molar-refractivity contribution in [2.75, 3.05) is 6.61 Å². The molecule has 3 nitrogen and oxygen atoms in total. The second-order valence-corrected chi connectivity index (χ2v) is 4.69. The normalized spacial score (nSPS) is 18.9. The average Bonchev–Trinajstić information content (AvgIpc) is 2.30. The SMILES string of the molecule is CCOC(=O)C(F)(F)CC(N)C1CCCCC1.Cl. The molecule has 1 atom stereocenters. The molecule has 0 bridgehead atoms. The molecule has 1 aliphatic carbocycles. The van der Waals surface area contributed by atoms with Crippen LogP contribution in [-0.4, -0.2) is 24.5 Å². The van der Waals surface area contributed by atoms with Gasteiger partial charge in [-0.3, -0.25) is 0 Å². The summed E-state index contributed by atoms with van der Waals surface area (Å²) in [5, 5.41) is 0. The lowest BCUT2D eigenvalue weighted by molar-refractivity contribution is -0.173. The summed E-state index contributed by atoms with van der Waals surface area (Å²) in [6.45, 7) is 1.47. The van der Waals surface area contributed by atoms with E-state index >= 15 is 0 Å². The summed E-state index contributed by atoms with van der Waals surface area (Å²) in [6, 6.07) is -0.616. The molecule has 0 aliphatic heterocycles. The van der Waals surface area contributed by atoms with Crippen molar-refractivity contribution in [3.8, 4) is 0 Å². The first kappa shape index (κ1) is 17.6. The first-order valence-corrected chi connectivity index (χ1v) is 6.28.